The van der Waals surface area contributed by atoms with Gasteiger partial charge in [0.15, 0.2) is 0 Å². The van der Waals surface area contributed by atoms with E-state index in [4.69, 9.17) is 0 Å². The number of likely N-dealkylation sites (tertiary alicyclic amines) is 1. The number of non-ortho nitro benzene ring substituents is 3. The molecule has 0 bridgehead atoms. The number of nitrogens with zero attached hydrogens (tertiary/aromatic N) is 8. The molecule has 17 heteroatoms. The maximum atomic E-state index is 11.3. The fraction of sp³-hybridized carbons (Fsp3) is 0.333. The summed E-state index contributed by atoms with van der Waals surface area (Å²) in [6.07, 6.45) is 6.39. The molecule has 0 amide bonds. The Balaban J connectivity index is 0.000000172. The number of benzene rings is 9. The van der Waals surface area contributed by atoms with Gasteiger partial charge in [-0.25, -0.2) is 0 Å². The zero-order valence-corrected chi connectivity index (χ0v) is 62.7. The third-order valence-corrected chi connectivity index (χ3v) is 21.0. The maximum Gasteiger partial charge on any atom is 0.269 e. The Kier molecular flexibility index (Phi) is 29.6. The highest BCUT2D eigenvalue weighted by molar-refractivity contribution is 6.01. The third kappa shape index (κ3) is 21.5. The van der Waals surface area contributed by atoms with E-state index < -0.39 is 0 Å². The van der Waals surface area contributed by atoms with Crippen LogP contribution in [0.3, 0.4) is 0 Å². The Morgan fingerprint density at radius 3 is 0.897 bits per heavy atom. The number of anilines is 2. The zero-order chi connectivity index (χ0) is 75.6. The molecular weight excluding hydrogens is 1340 g/mol. The molecule has 0 radical (unpaired) electrons. The molecule has 3 fully saturated rings. The molecule has 0 unspecified atom stereocenters. The van der Waals surface area contributed by atoms with Crippen LogP contribution in [0.5, 0.6) is 0 Å². The van der Waals surface area contributed by atoms with Crippen LogP contribution in [0, 0.1) is 30.3 Å². The number of hydrogen-bond acceptors (Lipinski definition) is 14. The fourth-order valence-electron chi connectivity index (χ4n) is 14.9. The summed E-state index contributed by atoms with van der Waals surface area (Å²) in [6, 6.07) is 78.4. The van der Waals surface area contributed by atoms with Crippen LogP contribution < -0.4 is 9.80 Å². The summed E-state index contributed by atoms with van der Waals surface area (Å²) in [7, 11) is 0. The van der Waals surface area contributed by atoms with Crippen molar-refractivity contribution in [1.29, 1.82) is 0 Å². The lowest BCUT2D eigenvalue weighted by molar-refractivity contribution is -0.385. The van der Waals surface area contributed by atoms with Crippen LogP contribution in [0.4, 0.5) is 28.4 Å². The molecule has 0 saturated carbocycles. The minimum absolute atomic E-state index is 0.0746. The lowest BCUT2D eigenvalue weighted by Gasteiger charge is -2.38. The van der Waals surface area contributed by atoms with Gasteiger partial charge in [-0.15, -0.1) is 0 Å². The molecule has 3 saturated heterocycles. The van der Waals surface area contributed by atoms with E-state index in [-0.39, 0.29) is 51.7 Å². The van der Waals surface area contributed by atoms with Crippen LogP contribution in [-0.2, 0) is 0 Å². The molecule has 3 aliphatic rings. The topological polar surface area (TPSA) is 206 Å². The number of rotatable bonds is 27. The molecule has 0 spiro atoms. The van der Waals surface area contributed by atoms with Crippen molar-refractivity contribution in [2.75, 3.05) is 102 Å². The number of piperazine rings is 2. The lowest BCUT2D eigenvalue weighted by atomic mass is 9.85. The summed E-state index contributed by atoms with van der Waals surface area (Å²) >= 11 is 0. The predicted molar refractivity (Wildman–Crippen MR) is 437 cm³/mol. The van der Waals surface area contributed by atoms with E-state index in [0.717, 1.165) is 156 Å². The van der Waals surface area contributed by atoms with Crippen molar-refractivity contribution in [3.05, 3.63) is 323 Å². The summed E-state index contributed by atoms with van der Waals surface area (Å²) in [5.41, 5.74) is 19.8. The van der Waals surface area contributed by atoms with Crippen LogP contribution in [0.2, 0.25) is 0 Å². The van der Waals surface area contributed by atoms with E-state index in [0.29, 0.717) is 56.5 Å². The molecule has 17 nitrogen and oxygen atoms in total. The Hall–Kier alpha value is -10.2. The average molecular weight is 1440 g/mol. The van der Waals surface area contributed by atoms with Crippen LogP contribution in [0.25, 0.3) is 33.4 Å². The SMILES string of the molecule is CC(C)N1CCC(c2ccc(/C(=C(/CCCO)c3ccccc3)c3ccc([N+](=O)[O-])cc3)cc2)CC1.CC(C)N1CCN(c2ccc(/C(=C(/CCCO)c3ccccc3)c3ccc([N+](=O)[O-])cc3)cc2)CC1.CCN1CCN(c2ccc(/C(=C(/CCCO)c3ccccc3)c3ccc([N+](=O)[O-])cc3)cc2)CC1. The lowest BCUT2D eigenvalue weighted by Crippen LogP contribution is -2.48. The van der Waals surface area contributed by atoms with Gasteiger partial charge in [0.2, 0.25) is 0 Å². The smallest absolute Gasteiger partial charge is 0.269 e. The van der Waals surface area contributed by atoms with Crippen molar-refractivity contribution >= 4 is 61.9 Å². The first kappa shape index (κ1) is 79.3. The van der Waals surface area contributed by atoms with Gasteiger partial charge in [0.05, 0.1) is 14.8 Å². The van der Waals surface area contributed by atoms with Crippen molar-refractivity contribution < 1.29 is 30.1 Å². The van der Waals surface area contributed by atoms with Gasteiger partial charge >= 0.3 is 0 Å². The molecule has 9 aromatic rings. The van der Waals surface area contributed by atoms with Gasteiger partial charge in [-0.3, -0.25) is 35.2 Å². The second-order valence-corrected chi connectivity index (χ2v) is 28.2. The highest BCUT2D eigenvalue weighted by Gasteiger charge is 2.26. The number of piperidine rings is 1. The monoisotopic (exact) mass is 1440 g/mol. The highest BCUT2D eigenvalue weighted by Crippen LogP contribution is 2.41. The summed E-state index contributed by atoms with van der Waals surface area (Å²) in [4.78, 5) is 45.0. The minimum Gasteiger partial charge on any atom is -0.396 e. The Morgan fingerprint density at radius 2 is 0.626 bits per heavy atom. The van der Waals surface area contributed by atoms with Crippen molar-refractivity contribution in [3.8, 4) is 0 Å². The summed E-state index contributed by atoms with van der Waals surface area (Å²) in [5.74, 6) is 0.573. The highest BCUT2D eigenvalue weighted by atomic mass is 16.6. The molecule has 0 aromatic heterocycles. The van der Waals surface area contributed by atoms with Gasteiger partial charge in [0.1, 0.15) is 0 Å². The quantitative estimate of drug-likeness (QED) is 0.0249. The van der Waals surface area contributed by atoms with Crippen LogP contribution in [0.1, 0.15) is 148 Å². The van der Waals surface area contributed by atoms with E-state index in [1.165, 1.54) is 29.8 Å². The number of allylic oxidation sites excluding steroid dienone is 3. The maximum absolute atomic E-state index is 11.3. The fourth-order valence-corrected chi connectivity index (χ4v) is 14.9. The standard InChI is InChI=1S/C31H36N2O3.C30H35N3O3.C29H33N3O3/c1-23(2)32-20-18-25(19-21-32)24-10-12-27(13-11-24)31(28-14-16-29(17-15-28)33(35)36)30(9-6-22-34)26-7-4-3-5-8-26;1-23(2)31-18-20-32(21-19-31)27-14-10-25(11-15-27)30(26-12-16-28(17-13-26)33(35)36)29(9-6-22-34)24-7-4-3-5-8-24;1-2-30-18-20-31(21-19-30)26-14-10-24(11-15-26)29(25-12-16-27(17-13-25)32(34)35)28(9-6-22-33)23-7-4-3-5-8-23/h3-5,7-8,10-17,23,25,34H,6,9,18-22H2,1-2H3;3-5,7-8,10-17,23,34H,6,9,18-22H2,1-2H3;3-5,7-8,10-17,33H,2,6,9,18-22H2,1H3/b31-30+;30-29+;29-28+. The van der Waals surface area contributed by atoms with Gasteiger partial charge in [-0.2, -0.15) is 0 Å². The number of nitro groups is 3. The summed E-state index contributed by atoms with van der Waals surface area (Å²) in [6.45, 7) is 23.2. The first-order chi connectivity index (χ1) is 52.0. The van der Waals surface area contributed by atoms with E-state index in [1.54, 1.807) is 36.4 Å². The van der Waals surface area contributed by atoms with E-state index in [2.05, 4.69) is 168 Å². The summed E-state index contributed by atoms with van der Waals surface area (Å²) < 4.78 is 0. The second kappa shape index (κ2) is 39.9. The van der Waals surface area contributed by atoms with Crippen LogP contribution in [0.15, 0.2) is 237 Å². The molecule has 0 atom stereocenters. The Labute approximate surface area is 631 Å². The van der Waals surface area contributed by atoms with Gasteiger partial charge < -0.3 is 34.9 Å². The number of hydrogen-bond donors (Lipinski definition) is 3. The van der Waals surface area contributed by atoms with Crippen molar-refractivity contribution in [2.24, 2.45) is 0 Å². The molecule has 107 heavy (non-hydrogen) atoms. The molecule has 558 valence electrons. The number of likely N-dealkylation sites (N-methyl/N-ethyl adjacent to an activating group) is 1. The first-order valence-electron chi connectivity index (χ1n) is 38.0. The molecule has 3 N–H and O–H groups in total. The van der Waals surface area contributed by atoms with Crippen LogP contribution >= 0.6 is 0 Å². The normalized spacial score (nSPS) is 15.3. The Bertz CT molecular complexity index is 4170. The largest absolute Gasteiger partial charge is 0.396 e. The number of nitro benzene ring substituents is 3. The van der Waals surface area contributed by atoms with Gasteiger partial charge in [0.25, 0.3) is 17.1 Å². The number of aliphatic hydroxyl groups is 3. The van der Waals surface area contributed by atoms with Gasteiger partial charge in [0, 0.05) is 132 Å². The van der Waals surface area contributed by atoms with Gasteiger partial charge in [-0.05, 0) is 254 Å². The first-order valence-corrected chi connectivity index (χ1v) is 38.0. The Morgan fingerprint density at radius 1 is 0.355 bits per heavy atom. The predicted octanol–water partition coefficient (Wildman–Crippen LogP) is 18.2. The van der Waals surface area contributed by atoms with E-state index in [1.807, 2.05) is 91.0 Å². The number of aliphatic hydroxyl groups excluding tert-OH is 3. The molecule has 12 rings (SSSR count). The van der Waals surface area contributed by atoms with Gasteiger partial charge in [-0.1, -0.05) is 146 Å². The second-order valence-electron chi connectivity index (χ2n) is 28.2. The summed E-state index contributed by atoms with van der Waals surface area (Å²) in [5, 5.41) is 62.6. The van der Waals surface area contributed by atoms with Crippen molar-refractivity contribution in [3.63, 3.8) is 0 Å². The van der Waals surface area contributed by atoms with Crippen molar-refractivity contribution in [1.82, 2.24) is 14.7 Å². The minimum atomic E-state index is -0.371. The molecular formula is C90H104N8O9. The van der Waals surface area contributed by atoms with Crippen molar-refractivity contribution in [2.45, 2.75) is 104 Å². The van der Waals surface area contributed by atoms with Crippen LogP contribution in [-0.4, -0.2) is 149 Å². The molecule has 3 heterocycles. The molecule has 0 aliphatic carbocycles. The third-order valence-electron chi connectivity index (χ3n) is 21.0. The molecule has 3 aliphatic heterocycles. The van der Waals surface area contributed by atoms with E-state index in [9.17, 15) is 45.7 Å². The zero-order valence-electron chi connectivity index (χ0n) is 62.7. The average Bonchev–Trinajstić information content (AvgIpc) is 0.802. The molecule has 9 aromatic carbocycles. The van der Waals surface area contributed by atoms with E-state index >= 15 is 0 Å².